The van der Waals surface area contributed by atoms with Crippen molar-refractivity contribution < 1.29 is 14.3 Å². The normalized spacial score (nSPS) is 15.9. The Labute approximate surface area is 194 Å². The van der Waals surface area contributed by atoms with E-state index in [9.17, 15) is 9.59 Å². The van der Waals surface area contributed by atoms with Crippen molar-refractivity contribution in [2.24, 2.45) is 0 Å². The molecule has 0 radical (unpaired) electrons. The van der Waals surface area contributed by atoms with Crippen molar-refractivity contribution in [1.29, 1.82) is 0 Å². The second-order valence-corrected chi connectivity index (χ2v) is 9.39. The van der Waals surface area contributed by atoms with Crippen LogP contribution in [0.2, 0.25) is 0 Å². The Morgan fingerprint density at radius 3 is 2.58 bits per heavy atom. The smallest absolute Gasteiger partial charge is 0.261 e. The van der Waals surface area contributed by atoms with E-state index >= 15 is 0 Å². The highest BCUT2D eigenvalue weighted by molar-refractivity contribution is 5.91. The van der Waals surface area contributed by atoms with Crippen LogP contribution in [0, 0.1) is 6.92 Å². The first kappa shape index (κ1) is 22.5. The van der Waals surface area contributed by atoms with Crippen LogP contribution in [0.4, 0.5) is 0 Å². The first-order chi connectivity index (χ1) is 15.7. The summed E-state index contributed by atoms with van der Waals surface area (Å²) in [5.41, 5.74) is 4.35. The molecule has 1 aliphatic heterocycles. The van der Waals surface area contributed by atoms with Gasteiger partial charge in [-0.2, -0.15) is 0 Å². The maximum atomic E-state index is 13.5. The molecule has 2 aromatic carbocycles. The van der Waals surface area contributed by atoms with Gasteiger partial charge in [-0.25, -0.2) is 0 Å². The molecule has 1 aliphatic rings. The number of ether oxygens (including phenoxy) is 1. The lowest BCUT2D eigenvalue weighted by Gasteiger charge is -2.32. The quantitative estimate of drug-likeness (QED) is 0.647. The van der Waals surface area contributed by atoms with E-state index in [0.29, 0.717) is 11.3 Å². The van der Waals surface area contributed by atoms with Gasteiger partial charge < -0.3 is 15.0 Å². The zero-order chi connectivity index (χ0) is 23.6. The van der Waals surface area contributed by atoms with E-state index in [1.165, 1.54) is 5.56 Å². The van der Waals surface area contributed by atoms with Crippen LogP contribution in [-0.2, 0) is 16.1 Å². The summed E-state index contributed by atoms with van der Waals surface area (Å²) in [5.74, 6) is -0.0101. The predicted octanol–water partition coefficient (Wildman–Crippen LogP) is 4.43. The molecule has 6 nitrogen and oxygen atoms in total. The van der Waals surface area contributed by atoms with Gasteiger partial charge in [0.05, 0.1) is 0 Å². The monoisotopic (exact) mass is 443 g/mol. The molecular formula is C27H29N3O3. The van der Waals surface area contributed by atoms with Crippen molar-refractivity contribution in [3.8, 4) is 16.9 Å². The maximum absolute atomic E-state index is 13.5. The first-order valence-electron chi connectivity index (χ1n) is 11.1. The summed E-state index contributed by atoms with van der Waals surface area (Å²) < 4.78 is 5.76. The molecule has 6 heteroatoms. The van der Waals surface area contributed by atoms with Crippen LogP contribution >= 0.6 is 0 Å². The summed E-state index contributed by atoms with van der Waals surface area (Å²) in [6.45, 7) is 7.94. The van der Waals surface area contributed by atoms with Crippen molar-refractivity contribution in [2.45, 2.75) is 45.8 Å². The Balaban J connectivity index is 1.77. The molecular weight excluding hydrogens is 414 g/mol. The Bertz CT molecular complexity index is 1170. The minimum atomic E-state index is -0.853. The summed E-state index contributed by atoms with van der Waals surface area (Å²) in [6.07, 6.45) is 3.21. The Hall–Kier alpha value is -3.67. The lowest BCUT2D eigenvalue weighted by molar-refractivity contribution is -0.142. The van der Waals surface area contributed by atoms with Crippen LogP contribution in [0.5, 0.6) is 5.75 Å². The van der Waals surface area contributed by atoms with Crippen molar-refractivity contribution in [2.75, 3.05) is 6.61 Å². The Morgan fingerprint density at radius 2 is 1.85 bits per heavy atom. The summed E-state index contributed by atoms with van der Waals surface area (Å²) in [7, 11) is 0. The molecule has 0 spiro atoms. The molecule has 1 atom stereocenters. The van der Waals surface area contributed by atoms with Gasteiger partial charge in [-0.15, -0.1) is 0 Å². The molecule has 170 valence electrons. The highest BCUT2D eigenvalue weighted by Gasteiger charge is 2.38. The molecule has 2 amide bonds. The van der Waals surface area contributed by atoms with Gasteiger partial charge in [0.15, 0.2) is 6.61 Å². The molecule has 33 heavy (non-hydrogen) atoms. The van der Waals surface area contributed by atoms with Crippen LogP contribution < -0.4 is 10.1 Å². The molecule has 1 aromatic heterocycles. The molecule has 0 bridgehead atoms. The van der Waals surface area contributed by atoms with Gasteiger partial charge in [-0.05, 0) is 50.5 Å². The number of pyridine rings is 1. The zero-order valence-corrected chi connectivity index (χ0v) is 19.5. The number of carbonyl (C=O) groups excluding carboxylic acids is 2. The van der Waals surface area contributed by atoms with E-state index in [2.05, 4.69) is 41.5 Å². The van der Waals surface area contributed by atoms with E-state index in [4.69, 9.17) is 4.74 Å². The number of carbonyl (C=O) groups is 2. The van der Waals surface area contributed by atoms with Crippen molar-refractivity contribution in [3.63, 3.8) is 0 Å². The Kier molecular flexibility index (Phi) is 6.18. The minimum Gasteiger partial charge on any atom is -0.483 e. The van der Waals surface area contributed by atoms with Gasteiger partial charge >= 0.3 is 0 Å². The van der Waals surface area contributed by atoms with E-state index in [0.717, 1.165) is 16.7 Å². The Morgan fingerprint density at radius 1 is 1.12 bits per heavy atom. The highest BCUT2D eigenvalue weighted by Crippen LogP contribution is 2.35. The molecule has 4 rings (SSSR count). The fourth-order valence-corrected chi connectivity index (χ4v) is 4.02. The topological polar surface area (TPSA) is 71.5 Å². The third-order valence-corrected chi connectivity index (χ3v) is 5.56. The molecule has 0 fully saturated rings. The maximum Gasteiger partial charge on any atom is 0.261 e. The van der Waals surface area contributed by atoms with Gasteiger partial charge in [-0.1, -0.05) is 54.1 Å². The standard InChI is InChI=1S/C27H29N3O3/c1-18-9-11-19(12-10-18)21-8-6-5-7-20(21)16-30-24(31)17-33-23-13-14-28-15-22(23)25(30)26(32)29-27(2,3)4/h5-15,25H,16-17H2,1-4H3,(H,29,32). The number of aromatic nitrogens is 1. The van der Waals surface area contributed by atoms with Crippen LogP contribution in [0.25, 0.3) is 11.1 Å². The highest BCUT2D eigenvalue weighted by atomic mass is 16.5. The molecule has 0 saturated carbocycles. The van der Waals surface area contributed by atoms with E-state index in [-0.39, 0.29) is 25.0 Å². The molecule has 3 aromatic rings. The third-order valence-electron chi connectivity index (χ3n) is 5.56. The van der Waals surface area contributed by atoms with Gasteiger partial charge in [0.2, 0.25) is 5.91 Å². The molecule has 1 unspecified atom stereocenters. The van der Waals surface area contributed by atoms with E-state index in [1.807, 2.05) is 45.0 Å². The van der Waals surface area contributed by atoms with Gasteiger partial charge in [0, 0.05) is 30.0 Å². The number of nitrogens with zero attached hydrogens (tertiary/aromatic N) is 2. The fraction of sp³-hybridized carbons (Fsp3) is 0.296. The minimum absolute atomic E-state index is 0.136. The second-order valence-electron chi connectivity index (χ2n) is 9.39. The lowest BCUT2D eigenvalue weighted by atomic mass is 9.97. The van der Waals surface area contributed by atoms with Gasteiger partial charge in [-0.3, -0.25) is 14.6 Å². The van der Waals surface area contributed by atoms with Crippen LogP contribution in [0.15, 0.2) is 67.0 Å². The van der Waals surface area contributed by atoms with Crippen molar-refractivity contribution in [1.82, 2.24) is 15.2 Å². The SMILES string of the molecule is Cc1ccc(-c2ccccc2CN2C(=O)COc3ccncc3C2C(=O)NC(C)(C)C)cc1. The fourth-order valence-electron chi connectivity index (χ4n) is 4.02. The molecule has 0 saturated heterocycles. The first-order valence-corrected chi connectivity index (χ1v) is 11.1. The van der Waals surface area contributed by atoms with Gasteiger partial charge in [0.1, 0.15) is 11.8 Å². The molecule has 1 N–H and O–H groups in total. The van der Waals surface area contributed by atoms with Crippen LogP contribution in [-0.4, -0.2) is 33.8 Å². The number of fused-ring (bicyclic) bond motifs is 1. The largest absolute Gasteiger partial charge is 0.483 e. The molecule has 2 heterocycles. The number of rotatable bonds is 4. The number of hydrogen-bond acceptors (Lipinski definition) is 4. The number of hydrogen-bond donors (Lipinski definition) is 1. The third kappa shape index (κ3) is 5.06. The summed E-state index contributed by atoms with van der Waals surface area (Å²) in [6, 6.07) is 17.1. The van der Waals surface area contributed by atoms with Crippen molar-refractivity contribution in [3.05, 3.63) is 83.7 Å². The predicted molar refractivity (Wildman–Crippen MR) is 128 cm³/mol. The number of benzene rings is 2. The molecule has 0 aliphatic carbocycles. The summed E-state index contributed by atoms with van der Waals surface area (Å²) >= 11 is 0. The summed E-state index contributed by atoms with van der Waals surface area (Å²) in [5, 5.41) is 3.03. The number of nitrogens with one attached hydrogen (secondary N) is 1. The average Bonchev–Trinajstić information content (AvgIpc) is 2.90. The number of amides is 2. The van der Waals surface area contributed by atoms with Crippen LogP contribution in [0.3, 0.4) is 0 Å². The van der Waals surface area contributed by atoms with Crippen LogP contribution in [0.1, 0.15) is 43.5 Å². The second kappa shape index (κ2) is 9.06. The zero-order valence-electron chi connectivity index (χ0n) is 19.5. The van der Waals surface area contributed by atoms with Crippen molar-refractivity contribution >= 4 is 11.8 Å². The number of aryl methyl sites for hydroxylation is 1. The van der Waals surface area contributed by atoms with E-state index < -0.39 is 11.6 Å². The van der Waals surface area contributed by atoms with Gasteiger partial charge in [0.25, 0.3) is 5.91 Å². The van der Waals surface area contributed by atoms with E-state index in [1.54, 1.807) is 23.4 Å². The summed E-state index contributed by atoms with van der Waals surface area (Å²) in [4.78, 5) is 32.5. The average molecular weight is 444 g/mol. The lowest BCUT2D eigenvalue weighted by Crippen LogP contribution is -2.49.